The van der Waals surface area contributed by atoms with E-state index in [-0.39, 0.29) is 5.91 Å². The number of thiazole rings is 1. The third-order valence-corrected chi connectivity index (χ3v) is 5.80. The van der Waals surface area contributed by atoms with Crippen LogP contribution in [0.3, 0.4) is 0 Å². The highest BCUT2D eigenvalue weighted by Gasteiger charge is 2.20. The normalized spacial score (nSPS) is 16.8. The van der Waals surface area contributed by atoms with Gasteiger partial charge in [-0.3, -0.25) is 4.79 Å². The molecule has 2 N–H and O–H groups in total. The van der Waals surface area contributed by atoms with Gasteiger partial charge >= 0.3 is 0 Å². The van der Waals surface area contributed by atoms with Crippen LogP contribution in [0.4, 0.5) is 5.69 Å². The maximum absolute atomic E-state index is 12.4. The van der Waals surface area contributed by atoms with Gasteiger partial charge in [0.1, 0.15) is 5.69 Å². The lowest BCUT2D eigenvalue weighted by Crippen LogP contribution is -2.26. The number of carbonyl (C=O) groups is 1. The second kappa shape index (κ2) is 7.90. The average Bonchev–Trinajstić information content (AvgIpc) is 3.13. The lowest BCUT2D eigenvalue weighted by Gasteiger charge is -2.20. The molecular weight excluding hydrogens is 318 g/mol. The topological polar surface area (TPSA) is 54.0 Å². The third kappa shape index (κ3) is 4.02. The molecule has 128 valence electrons. The van der Waals surface area contributed by atoms with Crippen LogP contribution in [0.15, 0.2) is 29.6 Å². The number of amides is 1. The number of hydrogen-bond donors (Lipinski definition) is 2. The van der Waals surface area contributed by atoms with Crippen LogP contribution in [-0.2, 0) is 0 Å². The van der Waals surface area contributed by atoms with Crippen LogP contribution in [0.1, 0.15) is 66.0 Å². The molecule has 0 spiro atoms. The largest absolute Gasteiger partial charge is 0.321 e. The summed E-state index contributed by atoms with van der Waals surface area (Å²) in [5.74, 6) is 0.913. The Morgan fingerprint density at radius 3 is 2.71 bits per heavy atom. The summed E-state index contributed by atoms with van der Waals surface area (Å²) in [5, 5.41) is 9.28. The van der Waals surface area contributed by atoms with Crippen molar-refractivity contribution in [1.29, 1.82) is 0 Å². The Morgan fingerprint density at radius 2 is 2.04 bits per heavy atom. The van der Waals surface area contributed by atoms with Crippen molar-refractivity contribution in [1.82, 2.24) is 10.3 Å². The third-order valence-electron chi connectivity index (χ3n) is 4.79. The van der Waals surface area contributed by atoms with E-state index in [4.69, 9.17) is 0 Å². The molecule has 0 bridgehead atoms. The van der Waals surface area contributed by atoms with Crippen molar-refractivity contribution < 1.29 is 4.79 Å². The van der Waals surface area contributed by atoms with Crippen LogP contribution in [0, 0.1) is 0 Å². The van der Waals surface area contributed by atoms with Crippen molar-refractivity contribution in [2.75, 3.05) is 18.4 Å². The number of hydrogen-bond acceptors (Lipinski definition) is 4. The molecular formula is C19H25N3OS. The molecule has 0 saturated carbocycles. The van der Waals surface area contributed by atoms with E-state index in [1.807, 2.05) is 17.5 Å². The number of aromatic nitrogens is 1. The predicted molar refractivity (Wildman–Crippen MR) is 100 cm³/mol. The standard InChI is InChI=1S/C19H25N3OS/c1-3-13(2)14-4-6-16(7-5-14)21-18(23)17-12-24-19(22-17)15-8-10-20-11-9-15/h4-7,12-13,15,20H,3,8-11H2,1-2H3,(H,21,23). The van der Waals surface area contributed by atoms with E-state index in [1.54, 1.807) is 11.3 Å². The maximum atomic E-state index is 12.4. The highest BCUT2D eigenvalue weighted by atomic mass is 32.1. The van der Waals surface area contributed by atoms with Crippen LogP contribution >= 0.6 is 11.3 Å². The summed E-state index contributed by atoms with van der Waals surface area (Å²) in [6.07, 6.45) is 3.32. The monoisotopic (exact) mass is 343 g/mol. The van der Waals surface area contributed by atoms with Crippen molar-refractivity contribution >= 4 is 22.9 Å². The number of carbonyl (C=O) groups excluding carboxylic acids is 1. The molecule has 24 heavy (non-hydrogen) atoms. The fourth-order valence-electron chi connectivity index (χ4n) is 2.97. The number of anilines is 1. The SMILES string of the molecule is CCC(C)c1ccc(NC(=O)c2csc(C3CCNCC3)n2)cc1. The quantitative estimate of drug-likeness (QED) is 0.847. The minimum atomic E-state index is -0.122. The minimum absolute atomic E-state index is 0.122. The van der Waals surface area contributed by atoms with Gasteiger partial charge in [0.05, 0.1) is 5.01 Å². The lowest BCUT2D eigenvalue weighted by atomic mass is 9.99. The number of benzene rings is 1. The van der Waals surface area contributed by atoms with Crippen molar-refractivity contribution in [2.24, 2.45) is 0 Å². The first-order chi connectivity index (χ1) is 11.7. The summed E-state index contributed by atoms with van der Waals surface area (Å²) in [6.45, 7) is 6.47. The molecule has 5 heteroatoms. The lowest BCUT2D eigenvalue weighted by molar-refractivity contribution is 0.102. The molecule has 4 nitrogen and oxygen atoms in total. The Kier molecular flexibility index (Phi) is 5.63. The molecule has 1 saturated heterocycles. The second-order valence-corrected chi connectivity index (χ2v) is 7.37. The summed E-state index contributed by atoms with van der Waals surface area (Å²) < 4.78 is 0. The summed E-state index contributed by atoms with van der Waals surface area (Å²) in [7, 11) is 0. The number of nitrogens with zero attached hydrogens (tertiary/aromatic N) is 1. The Hall–Kier alpha value is -1.72. The first-order valence-corrected chi connectivity index (χ1v) is 9.62. The number of piperidine rings is 1. The first-order valence-electron chi connectivity index (χ1n) is 8.74. The van der Waals surface area contributed by atoms with E-state index < -0.39 is 0 Å². The van der Waals surface area contributed by atoms with Gasteiger partial charge in [0, 0.05) is 17.0 Å². The minimum Gasteiger partial charge on any atom is -0.321 e. The molecule has 1 unspecified atom stereocenters. The Balaban J connectivity index is 1.63. The zero-order chi connectivity index (χ0) is 16.9. The van der Waals surface area contributed by atoms with E-state index >= 15 is 0 Å². The second-order valence-electron chi connectivity index (χ2n) is 6.48. The molecule has 0 radical (unpaired) electrons. The first kappa shape index (κ1) is 17.1. The van der Waals surface area contributed by atoms with Crippen molar-refractivity contribution in [2.45, 2.75) is 44.9 Å². The van der Waals surface area contributed by atoms with Gasteiger partial charge in [-0.15, -0.1) is 11.3 Å². The maximum Gasteiger partial charge on any atom is 0.275 e. The zero-order valence-corrected chi connectivity index (χ0v) is 15.2. The zero-order valence-electron chi connectivity index (χ0n) is 14.3. The van der Waals surface area contributed by atoms with Crippen molar-refractivity contribution in [3.8, 4) is 0 Å². The molecule has 3 rings (SSSR count). The van der Waals surface area contributed by atoms with Crippen LogP contribution in [-0.4, -0.2) is 24.0 Å². The summed E-state index contributed by atoms with van der Waals surface area (Å²) in [5.41, 5.74) is 2.65. The van der Waals surface area contributed by atoms with Crippen LogP contribution in [0.25, 0.3) is 0 Å². The van der Waals surface area contributed by atoms with Crippen molar-refractivity contribution in [3.63, 3.8) is 0 Å². The average molecular weight is 343 g/mol. The predicted octanol–water partition coefficient (Wildman–Crippen LogP) is 4.38. The molecule has 1 aromatic heterocycles. The summed E-state index contributed by atoms with van der Waals surface area (Å²) >= 11 is 1.60. The van der Waals surface area contributed by atoms with E-state index in [0.29, 0.717) is 17.5 Å². The van der Waals surface area contributed by atoms with E-state index in [9.17, 15) is 4.79 Å². The van der Waals surface area contributed by atoms with Crippen LogP contribution in [0.5, 0.6) is 0 Å². The van der Waals surface area contributed by atoms with Gasteiger partial charge in [0.15, 0.2) is 0 Å². The van der Waals surface area contributed by atoms with Crippen molar-refractivity contribution in [3.05, 3.63) is 45.9 Å². The van der Waals surface area contributed by atoms with Gasteiger partial charge in [-0.25, -0.2) is 4.98 Å². The van der Waals surface area contributed by atoms with Gasteiger partial charge < -0.3 is 10.6 Å². The number of nitrogens with one attached hydrogen (secondary N) is 2. The molecule has 1 aliphatic heterocycles. The van der Waals surface area contributed by atoms with Gasteiger partial charge in [0.25, 0.3) is 5.91 Å². The Morgan fingerprint density at radius 1 is 1.33 bits per heavy atom. The molecule has 1 fully saturated rings. The van der Waals surface area contributed by atoms with E-state index in [2.05, 4.69) is 41.6 Å². The fourth-order valence-corrected chi connectivity index (χ4v) is 3.95. The van der Waals surface area contributed by atoms with Gasteiger partial charge in [-0.05, 0) is 56.0 Å². The number of rotatable bonds is 5. The molecule has 2 aromatic rings. The fraction of sp³-hybridized carbons (Fsp3) is 0.474. The highest BCUT2D eigenvalue weighted by Crippen LogP contribution is 2.28. The molecule has 1 aromatic carbocycles. The van der Waals surface area contributed by atoms with Gasteiger partial charge in [-0.2, -0.15) is 0 Å². The Labute approximate surface area is 147 Å². The Bertz CT molecular complexity index is 674. The smallest absolute Gasteiger partial charge is 0.275 e. The van der Waals surface area contributed by atoms with Gasteiger partial charge in [0.2, 0.25) is 0 Å². The van der Waals surface area contributed by atoms with E-state index in [0.717, 1.165) is 43.0 Å². The highest BCUT2D eigenvalue weighted by molar-refractivity contribution is 7.09. The molecule has 1 aliphatic rings. The summed E-state index contributed by atoms with van der Waals surface area (Å²) in [6, 6.07) is 8.12. The summed E-state index contributed by atoms with van der Waals surface area (Å²) in [4.78, 5) is 17.0. The molecule has 1 atom stereocenters. The molecule has 1 amide bonds. The van der Waals surface area contributed by atoms with E-state index in [1.165, 1.54) is 5.56 Å². The van der Waals surface area contributed by atoms with Crippen LogP contribution in [0.2, 0.25) is 0 Å². The molecule has 2 heterocycles. The van der Waals surface area contributed by atoms with Gasteiger partial charge in [-0.1, -0.05) is 26.0 Å². The van der Waals surface area contributed by atoms with Crippen LogP contribution < -0.4 is 10.6 Å². The molecule has 0 aliphatic carbocycles.